The van der Waals surface area contributed by atoms with E-state index in [4.69, 9.17) is 0 Å². The maximum absolute atomic E-state index is 12.8. The minimum atomic E-state index is -0.0872. The molecular weight excluding hydrogens is 262 g/mol. The largest absolute Gasteiger partial charge is 0.268 e. The van der Waals surface area contributed by atoms with Gasteiger partial charge < -0.3 is 0 Å². The molecule has 0 bridgehead atoms. The second kappa shape index (κ2) is 4.12. The molecule has 1 aliphatic rings. The Morgan fingerprint density at radius 2 is 2.19 bits per heavy atom. The normalized spacial score (nSPS) is 13.8. The third kappa shape index (κ3) is 1.53. The Bertz CT molecular complexity index is 1060. The third-order valence-electron chi connectivity index (χ3n) is 3.90. The van der Waals surface area contributed by atoms with E-state index in [1.54, 1.807) is 10.6 Å². The Labute approximate surface area is 120 Å². The molecule has 4 nitrogen and oxygen atoms in total. The van der Waals surface area contributed by atoms with Crippen molar-refractivity contribution < 1.29 is 0 Å². The molecule has 21 heavy (non-hydrogen) atoms. The van der Waals surface area contributed by atoms with Crippen LogP contribution in [0.25, 0.3) is 29.2 Å². The average Bonchev–Trinajstić information content (AvgIpc) is 2.64. The first-order chi connectivity index (χ1) is 10.2. The van der Waals surface area contributed by atoms with E-state index in [0.29, 0.717) is 23.4 Å². The van der Waals surface area contributed by atoms with Crippen LogP contribution in [0.3, 0.4) is 0 Å². The van der Waals surface area contributed by atoms with Crippen LogP contribution in [-0.2, 0) is 0 Å². The minimum Gasteiger partial charge on any atom is -0.268 e. The van der Waals surface area contributed by atoms with Crippen LogP contribution in [0, 0.1) is 6.92 Å². The SMILES string of the molecule is C=c1c2c(C)cccc2n2c(=O)c3c(nc12)N=CCC=C3. The van der Waals surface area contributed by atoms with Gasteiger partial charge >= 0.3 is 0 Å². The lowest BCUT2D eigenvalue weighted by Crippen LogP contribution is -2.18. The van der Waals surface area contributed by atoms with E-state index in [9.17, 15) is 4.79 Å². The van der Waals surface area contributed by atoms with E-state index in [1.165, 1.54) is 0 Å². The highest BCUT2D eigenvalue weighted by Gasteiger charge is 2.16. The van der Waals surface area contributed by atoms with Crippen molar-refractivity contribution in [2.24, 2.45) is 4.99 Å². The van der Waals surface area contributed by atoms with Gasteiger partial charge in [0.05, 0.1) is 11.1 Å². The number of allylic oxidation sites excluding steroid dienone is 1. The average molecular weight is 275 g/mol. The molecule has 102 valence electrons. The molecule has 0 spiro atoms. The summed E-state index contributed by atoms with van der Waals surface area (Å²) in [6.07, 6.45) is 6.21. The maximum atomic E-state index is 12.8. The number of benzene rings is 1. The zero-order valence-electron chi connectivity index (χ0n) is 11.6. The number of fused-ring (bicyclic) bond motifs is 4. The van der Waals surface area contributed by atoms with Crippen molar-refractivity contribution in [2.75, 3.05) is 0 Å². The second-order valence-corrected chi connectivity index (χ2v) is 5.21. The molecule has 0 unspecified atom stereocenters. The number of aliphatic imine (C=N–C) groups is 1. The van der Waals surface area contributed by atoms with E-state index < -0.39 is 0 Å². The van der Waals surface area contributed by atoms with Crippen LogP contribution in [-0.4, -0.2) is 15.6 Å². The monoisotopic (exact) mass is 275 g/mol. The molecule has 3 heterocycles. The lowest BCUT2D eigenvalue weighted by atomic mass is 10.1. The summed E-state index contributed by atoms with van der Waals surface area (Å²) in [5.41, 5.74) is 2.99. The standard InChI is InChI=1S/C17H13N3O/c1-10-6-5-8-13-14(10)11(2)16-19-15-12(17(21)20(13)16)7-3-4-9-18-15/h3,5-9H,2,4H2,1H3. The first kappa shape index (κ1) is 12.0. The third-order valence-corrected chi connectivity index (χ3v) is 3.90. The lowest BCUT2D eigenvalue weighted by molar-refractivity contribution is 1.09. The summed E-state index contributed by atoms with van der Waals surface area (Å²) in [7, 11) is 0. The van der Waals surface area contributed by atoms with E-state index in [-0.39, 0.29) is 5.56 Å². The molecule has 0 atom stereocenters. The van der Waals surface area contributed by atoms with Gasteiger partial charge in [-0.1, -0.05) is 24.8 Å². The van der Waals surface area contributed by atoms with Gasteiger partial charge in [0.25, 0.3) is 5.56 Å². The van der Waals surface area contributed by atoms with Crippen LogP contribution in [0.15, 0.2) is 34.1 Å². The maximum Gasteiger partial charge on any atom is 0.267 e. The zero-order valence-corrected chi connectivity index (χ0v) is 11.6. The molecule has 4 heteroatoms. The summed E-state index contributed by atoms with van der Waals surface area (Å²) in [6.45, 7) is 6.14. The fourth-order valence-electron chi connectivity index (χ4n) is 2.92. The fraction of sp³-hybridized carbons (Fsp3) is 0.118. The number of nitrogens with zero attached hydrogens (tertiary/aromatic N) is 3. The number of aromatic nitrogens is 2. The van der Waals surface area contributed by atoms with Crippen molar-refractivity contribution in [1.82, 2.24) is 9.38 Å². The Hall–Kier alpha value is -2.75. The first-order valence-electron chi connectivity index (χ1n) is 6.84. The Morgan fingerprint density at radius 3 is 3.05 bits per heavy atom. The smallest absolute Gasteiger partial charge is 0.267 e. The van der Waals surface area contributed by atoms with E-state index >= 15 is 0 Å². The van der Waals surface area contributed by atoms with Gasteiger partial charge in [-0.3, -0.25) is 9.20 Å². The Kier molecular flexibility index (Phi) is 2.36. The molecule has 1 aromatic carbocycles. The molecule has 1 aliphatic heterocycles. The first-order valence-corrected chi connectivity index (χ1v) is 6.84. The summed E-state index contributed by atoms with van der Waals surface area (Å²) in [5.74, 6) is 0.478. The highest BCUT2D eigenvalue weighted by atomic mass is 16.1. The van der Waals surface area contributed by atoms with Crippen LogP contribution in [0.1, 0.15) is 17.5 Å². The van der Waals surface area contributed by atoms with Crippen molar-refractivity contribution in [3.8, 4) is 0 Å². The topological polar surface area (TPSA) is 46.7 Å². The van der Waals surface area contributed by atoms with E-state index in [2.05, 4.69) is 16.6 Å². The van der Waals surface area contributed by atoms with Crippen LogP contribution < -0.4 is 10.8 Å². The summed E-state index contributed by atoms with van der Waals surface area (Å²) in [5, 5.41) is 1.78. The fourth-order valence-corrected chi connectivity index (χ4v) is 2.92. The Morgan fingerprint density at radius 1 is 1.33 bits per heavy atom. The number of hydrogen-bond acceptors (Lipinski definition) is 3. The van der Waals surface area contributed by atoms with Gasteiger partial charge in [-0.2, -0.15) is 0 Å². The zero-order chi connectivity index (χ0) is 14.6. The van der Waals surface area contributed by atoms with Gasteiger partial charge in [-0.05, 0) is 24.6 Å². The van der Waals surface area contributed by atoms with Gasteiger partial charge in [-0.15, -0.1) is 0 Å². The molecule has 0 amide bonds. The van der Waals surface area contributed by atoms with Crippen LogP contribution in [0.2, 0.25) is 0 Å². The lowest BCUT2D eigenvalue weighted by Gasteiger charge is -2.01. The van der Waals surface area contributed by atoms with Gasteiger partial charge in [0.2, 0.25) is 0 Å². The van der Waals surface area contributed by atoms with Crippen LogP contribution in [0.5, 0.6) is 0 Å². The molecule has 0 fully saturated rings. The quantitative estimate of drug-likeness (QED) is 0.632. The van der Waals surface area contributed by atoms with Crippen molar-refractivity contribution in [3.63, 3.8) is 0 Å². The van der Waals surface area contributed by atoms with Gasteiger partial charge in [0, 0.05) is 23.2 Å². The summed E-state index contributed by atoms with van der Waals surface area (Å²) >= 11 is 0. The number of aryl methyl sites for hydroxylation is 1. The summed E-state index contributed by atoms with van der Waals surface area (Å²) in [6, 6.07) is 5.90. The predicted octanol–water partition coefficient (Wildman–Crippen LogP) is 2.40. The van der Waals surface area contributed by atoms with Gasteiger partial charge in [0.15, 0.2) is 5.82 Å². The summed E-state index contributed by atoms with van der Waals surface area (Å²) in [4.78, 5) is 21.7. The van der Waals surface area contributed by atoms with E-state index in [0.717, 1.165) is 21.7 Å². The molecule has 0 saturated carbocycles. The Balaban J connectivity index is 2.34. The van der Waals surface area contributed by atoms with Crippen molar-refractivity contribution in [3.05, 3.63) is 51.0 Å². The van der Waals surface area contributed by atoms with Crippen molar-refractivity contribution in [1.29, 1.82) is 0 Å². The van der Waals surface area contributed by atoms with Crippen LogP contribution >= 0.6 is 0 Å². The van der Waals surface area contributed by atoms with Gasteiger partial charge in [-0.25, -0.2) is 9.98 Å². The molecule has 3 aromatic rings. The molecule has 0 saturated heterocycles. The second-order valence-electron chi connectivity index (χ2n) is 5.21. The molecule has 0 radical (unpaired) electrons. The molecule has 0 N–H and O–H groups in total. The van der Waals surface area contributed by atoms with Crippen LogP contribution in [0.4, 0.5) is 5.82 Å². The molecule has 4 rings (SSSR count). The molecule has 0 aliphatic carbocycles. The van der Waals surface area contributed by atoms with E-state index in [1.807, 2.05) is 37.3 Å². The number of hydrogen-bond donors (Lipinski definition) is 0. The highest BCUT2D eigenvalue weighted by Crippen LogP contribution is 2.21. The van der Waals surface area contributed by atoms with Crippen molar-refractivity contribution >= 4 is 41.2 Å². The summed E-state index contributed by atoms with van der Waals surface area (Å²) < 4.78 is 1.65. The molecule has 2 aromatic heterocycles. The minimum absolute atomic E-state index is 0.0872. The van der Waals surface area contributed by atoms with Gasteiger partial charge in [0.1, 0.15) is 5.65 Å². The molecular formula is C17H13N3O. The van der Waals surface area contributed by atoms with Crippen molar-refractivity contribution in [2.45, 2.75) is 13.3 Å². The predicted molar refractivity (Wildman–Crippen MR) is 86.2 cm³/mol. The number of rotatable bonds is 0. The highest BCUT2D eigenvalue weighted by molar-refractivity contribution is 5.90.